The summed E-state index contributed by atoms with van der Waals surface area (Å²) >= 11 is 0. The van der Waals surface area contributed by atoms with Gasteiger partial charge in [0.25, 0.3) is 5.91 Å². The van der Waals surface area contributed by atoms with Crippen molar-refractivity contribution in [1.82, 2.24) is 24.6 Å². The molecule has 0 spiro atoms. The fourth-order valence-electron chi connectivity index (χ4n) is 3.66. The van der Waals surface area contributed by atoms with Crippen molar-refractivity contribution in [2.75, 3.05) is 36.4 Å². The number of anilines is 2. The highest BCUT2D eigenvalue weighted by Gasteiger charge is 2.26. The number of carbonyl (C=O) groups is 1. The summed E-state index contributed by atoms with van der Waals surface area (Å²) in [6.45, 7) is 8.59. The molecule has 3 heterocycles. The zero-order valence-electron chi connectivity index (χ0n) is 17.4. The number of pyridine rings is 1. The lowest BCUT2D eigenvalue weighted by molar-refractivity contribution is 0.101. The Hall–Kier alpha value is -3.26. The zero-order chi connectivity index (χ0) is 20.9. The first-order chi connectivity index (χ1) is 14.6. The van der Waals surface area contributed by atoms with E-state index in [4.69, 9.17) is 0 Å². The van der Waals surface area contributed by atoms with Crippen LogP contribution in [0.3, 0.4) is 0 Å². The molecule has 156 valence electrons. The topological polar surface area (TPSA) is 79.2 Å². The van der Waals surface area contributed by atoms with Crippen LogP contribution in [0.2, 0.25) is 0 Å². The van der Waals surface area contributed by atoms with Gasteiger partial charge in [-0.15, -0.1) is 10.2 Å². The van der Waals surface area contributed by atoms with E-state index in [0.29, 0.717) is 18.4 Å². The minimum atomic E-state index is -0.316. The summed E-state index contributed by atoms with van der Waals surface area (Å²) in [5, 5.41) is 11.5. The SMILES string of the molecule is CC(C)N1CCN(c2nnc(C(=O)Nc3ccccn3)n2Cc2ccccc2)CC1. The lowest BCUT2D eigenvalue weighted by Gasteiger charge is -2.37. The van der Waals surface area contributed by atoms with Crippen molar-refractivity contribution in [2.24, 2.45) is 0 Å². The summed E-state index contributed by atoms with van der Waals surface area (Å²) in [5.74, 6) is 1.19. The molecule has 8 heteroatoms. The van der Waals surface area contributed by atoms with E-state index >= 15 is 0 Å². The summed E-state index contributed by atoms with van der Waals surface area (Å²) in [6, 6.07) is 16.0. The lowest BCUT2D eigenvalue weighted by Crippen LogP contribution is -2.49. The highest BCUT2D eigenvalue weighted by molar-refractivity contribution is 6.01. The molecule has 0 radical (unpaired) electrons. The molecular formula is C22H27N7O. The highest BCUT2D eigenvalue weighted by Crippen LogP contribution is 2.19. The van der Waals surface area contributed by atoms with Gasteiger partial charge in [-0.3, -0.25) is 14.3 Å². The van der Waals surface area contributed by atoms with Crippen LogP contribution in [0.1, 0.15) is 30.0 Å². The van der Waals surface area contributed by atoms with E-state index in [1.165, 1.54) is 0 Å². The first-order valence-electron chi connectivity index (χ1n) is 10.3. The van der Waals surface area contributed by atoms with Crippen molar-refractivity contribution < 1.29 is 4.79 Å². The summed E-state index contributed by atoms with van der Waals surface area (Å²) in [4.78, 5) is 21.8. The second kappa shape index (κ2) is 9.04. The molecule has 1 aliphatic rings. The molecule has 3 aromatic rings. The first kappa shape index (κ1) is 20.0. The Balaban J connectivity index is 1.61. The minimum absolute atomic E-state index is 0.283. The highest BCUT2D eigenvalue weighted by atomic mass is 16.2. The molecule has 0 bridgehead atoms. The van der Waals surface area contributed by atoms with Gasteiger partial charge in [0, 0.05) is 38.4 Å². The van der Waals surface area contributed by atoms with Crippen LogP contribution in [0.15, 0.2) is 54.7 Å². The third-order valence-electron chi connectivity index (χ3n) is 5.35. The van der Waals surface area contributed by atoms with E-state index in [0.717, 1.165) is 37.7 Å². The first-order valence-corrected chi connectivity index (χ1v) is 10.3. The predicted octanol–water partition coefficient (Wildman–Crippen LogP) is 2.50. The van der Waals surface area contributed by atoms with E-state index in [-0.39, 0.29) is 11.7 Å². The minimum Gasteiger partial charge on any atom is -0.338 e. The van der Waals surface area contributed by atoms with Crippen molar-refractivity contribution in [3.8, 4) is 0 Å². The summed E-state index contributed by atoms with van der Waals surface area (Å²) in [6.07, 6.45) is 1.64. The van der Waals surface area contributed by atoms with E-state index in [1.807, 2.05) is 47.0 Å². The van der Waals surface area contributed by atoms with Gasteiger partial charge in [0.2, 0.25) is 11.8 Å². The molecule has 1 saturated heterocycles. The third-order valence-corrected chi connectivity index (χ3v) is 5.35. The maximum atomic E-state index is 13.0. The fourth-order valence-corrected chi connectivity index (χ4v) is 3.66. The van der Waals surface area contributed by atoms with Gasteiger partial charge in [0.15, 0.2) is 0 Å². The molecule has 1 fully saturated rings. The Morgan fingerprint density at radius 1 is 1.00 bits per heavy atom. The van der Waals surface area contributed by atoms with Crippen molar-refractivity contribution in [3.05, 3.63) is 66.1 Å². The maximum Gasteiger partial charge on any atom is 0.294 e. The van der Waals surface area contributed by atoms with Gasteiger partial charge in [0.05, 0.1) is 6.54 Å². The van der Waals surface area contributed by atoms with Crippen LogP contribution in [-0.4, -0.2) is 62.8 Å². The Kier molecular flexibility index (Phi) is 6.04. The molecule has 30 heavy (non-hydrogen) atoms. The number of carbonyl (C=O) groups excluding carboxylic acids is 1. The molecular weight excluding hydrogens is 378 g/mol. The number of piperazine rings is 1. The van der Waals surface area contributed by atoms with Gasteiger partial charge in [-0.2, -0.15) is 0 Å². The molecule has 2 aromatic heterocycles. The number of nitrogens with one attached hydrogen (secondary N) is 1. The normalized spacial score (nSPS) is 14.8. The predicted molar refractivity (Wildman–Crippen MR) is 117 cm³/mol. The lowest BCUT2D eigenvalue weighted by atomic mass is 10.2. The molecule has 0 unspecified atom stereocenters. The molecule has 1 amide bonds. The van der Waals surface area contributed by atoms with E-state index in [2.05, 4.69) is 44.1 Å². The Morgan fingerprint density at radius 3 is 2.40 bits per heavy atom. The second-order valence-electron chi connectivity index (χ2n) is 7.68. The molecule has 1 aromatic carbocycles. The van der Waals surface area contributed by atoms with Crippen molar-refractivity contribution in [3.63, 3.8) is 0 Å². The maximum absolute atomic E-state index is 13.0. The number of hydrogen-bond donors (Lipinski definition) is 1. The van der Waals surface area contributed by atoms with Crippen LogP contribution in [-0.2, 0) is 6.54 Å². The molecule has 4 rings (SSSR count). The van der Waals surface area contributed by atoms with Gasteiger partial charge >= 0.3 is 0 Å². The van der Waals surface area contributed by atoms with Gasteiger partial charge in [-0.1, -0.05) is 36.4 Å². The zero-order valence-corrected chi connectivity index (χ0v) is 17.4. The van der Waals surface area contributed by atoms with Gasteiger partial charge in [-0.25, -0.2) is 4.98 Å². The number of benzene rings is 1. The smallest absolute Gasteiger partial charge is 0.294 e. The number of aromatic nitrogens is 4. The number of hydrogen-bond acceptors (Lipinski definition) is 6. The average molecular weight is 406 g/mol. The van der Waals surface area contributed by atoms with Crippen LogP contribution in [0, 0.1) is 0 Å². The van der Waals surface area contributed by atoms with Gasteiger partial charge in [-0.05, 0) is 31.5 Å². The number of nitrogens with zero attached hydrogens (tertiary/aromatic N) is 6. The molecule has 1 aliphatic heterocycles. The quantitative estimate of drug-likeness (QED) is 0.679. The molecule has 0 atom stereocenters. The van der Waals surface area contributed by atoms with Crippen molar-refractivity contribution in [2.45, 2.75) is 26.4 Å². The standard InChI is InChI=1S/C22H27N7O/c1-17(2)27-12-14-28(15-13-27)22-26-25-20(21(30)24-19-10-6-7-11-23-19)29(22)16-18-8-4-3-5-9-18/h3-11,17H,12-16H2,1-2H3,(H,23,24,30). The summed E-state index contributed by atoms with van der Waals surface area (Å²) in [5.41, 5.74) is 1.09. The van der Waals surface area contributed by atoms with Crippen molar-refractivity contribution in [1.29, 1.82) is 0 Å². The van der Waals surface area contributed by atoms with Crippen LogP contribution in [0.5, 0.6) is 0 Å². The Labute approximate surface area is 176 Å². The molecule has 0 aliphatic carbocycles. The van der Waals surface area contributed by atoms with E-state index < -0.39 is 0 Å². The average Bonchev–Trinajstić information content (AvgIpc) is 3.19. The molecule has 1 N–H and O–H groups in total. The third kappa shape index (κ3) is 4.49. The van der Waals surface area contributed by atoms with E-state index in [1.54, 1.807) is 12.3 Å². The van der Waals surface area contributed by atoms with Crippen LogP contribution >= 0.6 is 0 Å². The largest absolute Gasteiger partial charge is 0.338 e. The van der Waals surface area contributed by atoms with Crippen LogP contribution in [0.4, 0.5) is 11.8 Å². The summed E-state index contributed by atoms with van der Waals surface area (Å²) in [7, 11) is 0. The molecule has 0 saturated carbocycles. The Bertz CT molecular complexity index is 964. The van der Waals surface area contributed by atoms with Crippen LogP contribution in [0.25, 0.3) is 0 Å². The van der Waals surface area contributed by atoms with Gasteiger partial charge in [0.1, 0.15) is 5.82 Å². The second-order valence-corrected chi connectivity index (χ2v) is 7.68. The number of rotatable bonds is 6. The van der Waals surface area contributed by atoms with E-state index in [9.17, 15) is 4.79 Å². The monoisotopic (exact) mass is 405 g/mol. The fraction of sp³-hybridized carbons (Fsp3) is 0.364. The van der Waals surface area contributed by atoms with Gasteiger partial charge < -0.3 is 10.2 Å². The molecule has 8 nitrogen and oxygen atoms in total. The summed E-state index contributed by atoms with van der Waals surface area (Å²) < 4.78 is 1.90. The van der Waals surface area contributed by atoms with Crippen molar-refractivity contribution >= 4 is 17.7 Å². The Morgan fingerprint density at radius 2 is 1.73 bits per heavy atom. The number of amides is 1. The van der Waals surface area contributed by atoms with Crippen LogP contribution < -0.4 is 10.2 Å².